The van der Waals surface area contributed by atoms with Gasteiger partial charge in [-0.25, -0.2) is 4.98 Å². The van der Waals surface area contributed by atoms with Gasteiger partial charge in [0.2, 0.25) is 5.28 Å². The van der Waals surface area contributed by atoms with Crippen LogP contribution in [0, 0.1) is 0 Å². The van der Waals surface area contributed by atoms with Gasteiger partial charge in [-0.3, -0.25) is 0 Å². The van der Waals surface area contributed by atoms with Gasteiger partial charge in [0.15, 0.2) is 11.6 Å². The lowest BCUT2D eigenvalue weighted by Gasteiger charge is -2.11. The molecule has 6 aromatic carbocycles. The Morgan fingerprint density at radius 3 is 1.97 bits per heavy atom. The molecule has 2 heterocycles. The van der Waals surface area contributed by atoms with Crippen molar-refractivity contribution in [2.24, 2.45) is 0 Å². The van der Waals surface area contributed by atoms with E-state index in [4.69, 9.17) is 21.0 Å². The second kappa shape index (κ2) is 8.10. The standard InChI is InChI=1S/C33H18ClN3O/c34-33-36-31(22-13-14-29-26(17-22)27-15-19-7-1-2-8-20(19)18-30(27)38-29)35-32(37-33)28-16-21-9-3-4-10-23(21)24-11-5-6-12-25(24)28/h1-18H. The molecule has 4 nitrogen and oxygen atoms in total. The molecule has 0 aliphatic heterocycles. The van der Waals surface area contributed by atoms with Crippen LogP contribution in [-0.4, -0.2) is 15.0 Å². The summed E-state index contributed by atoms with van der Waals surface area (Å²) in [7, 11) is 0. The third kappa shape index (κ3) is 3.28. The molecule has 5 heteroatoms. The average molecular weight is 508 g/mol. The normalized spacial score (nSPS) is 11.8. The average Bonchev–Trinajstić information content (AvgIpc) is 3.31. The zero-order valence-corrected chi connectivity index (χ0v) is 20.8. The van der Waals surface area contributed by atoms with Crippen molar-refractivity contribution < 1.29 is 4.42 Å². The first-order valence-corrected chi connectivity index (χ1v) is 12.8. The first-order chi connectivity index (χ1) is 18.7. The summed E-state index contributed by atoms with van der Waals surface area (Å²) >= 11 is 6.50. The predicted octanol–water partition coefficient (Wildman–Crippen LogP) is 9.22. The summed E-state index contributed by atoms with van der Waals surface area (Å²) in [5.41, 5.74) is 3.45. The summed E-state index contributed by atoms with van der Waals surface area (Å²) in [6.07, 6.45) is 0. The van der Waals surface area contributed by atoms with E-state index >= 15 is 0 Å². The van der Waals surface area contributed by atoms with E-state index in [-0.39, 0.29) is 5.28 Å². The number of halogens is 1. The monoisotopic (exact) mass is 507 g/mol. The molecular weight excluding hydrogens is 490 g/mol. The lowest BCUT2D eigenvalue weighted by atomic mass is 9.97. The van der Waals surface area contributed by atoms with Crippen LogP contribution in [0.15, 0.2) is 114 Å². The summed E-state index contributed by atoms with van der Waals surface area (Å²) < 4.78 is 6.18. The Kier molecular flexibility index (Phi) is 4.54. The van der Waals surface area contributed by atoms with Gasteiger partial charge in [0.05, 0.1) is 0 Å². The highest BCUT2D eigenvalue weighted by Crippen LogP contribution is 2.36. The maximum Gasteiger partial charge on any atom is 0.226 e. The van der Waals surface area contributed by atoms with E-state index in [0.29, 0.717) is 11.6 Å². The van der Waals surface area contributed by atoms with E-state index in [1.165, 1.54) is 10.8 Å². The quantitative estimate of drug-likeness (QED) is 0.219. The maximum absolute atomic E-state index is 6.50. The third-order valence-electron chi connectivity index (χ3n) is 7.21. The number of nitrogens with zero attached hydrogens (tertiary/aromatic N) is 3. The second-order valence-corrected chi connectivity index (χ2v) is 9.79. The molecule has 0 radical (unpaired) electrons. The third-order valence-corrected chi connectivity index (χ3v) is 7.38. The van der Waals surface area contributed by atoms with Crippen molar-refractivity contribution in [3.05, 3.63) is 114 Å². The molecule has 0 amide bonds. The molecular formula is C33H18ClN3O. The molecule has 0 atom stereocenters. The van der Waals surface area contributed by atoms with Crippen LogP contribution in [0.25, 0.3) is 77.0 Å². The molecule has 0 aliphatic rings. The lowest BCUT2D eigenvalue weighted by molar-refractivity contribution is 0.669. The zero-order valence-electron chi connectivity index (χ0n) is 20.0. The van der Waals surface area contributed by atoms with Crippen LogP contribution >= 0.6 is 11.6 Å². The van der Waals surface area contributed by atoms with Crippen LogP contribution in [0.2, 0.25) is 5.28 Å². The molecule has 0 saturated heterocycles. The largest absolute Gasteiger partial charge is 0.456 e. The molecule has 178 valence electrons. The van der Waals surface area contributed by atoms with E-state index in [1.54, 1.807) is 0 Å². The molecule has 8 rings (SSSR count). The Labute approximate surface area is 222 Å². The fraction of sp³-hybridized carbons (Fsp3) is 0. The Bertz CT molecular complexity index is 2220. The van der Waals surface area contributed by atoms with Gasteiger partial charge in [0, 0.05) is 21.9 Å². The molecule has 0 bridgehead atoms. The van der Waals surface area contributed by atoms with Gasteiger partial charge in [0.1, 0.15) is 11.2 Å². The minimum atomic E-state index is 0.158. The molecule has 8 aromatic rings. The van der Waals surface area contributed by atoms with Crippen LogP contribution in [0.1, 0.15) is 0 Å². The number of rotatable bonds is 2. The van der Waals surface area contributed by atoms with E-state index in [9.17, 15) is 0 Å². The van der Waals surface area contributed by atoms with Gasteiger partial charge < -0.3 is 4.42 Å². The first kappa shape index (κ1) is 21.3. The molecule has 0 unspecified atom stereocenters. The van der Waals surface area contributed by atoms with Crippen molar-refractivity contribution in [1.82, 2.24) is 15.0 Å². The van der Waals surface area contributed by atoms with Crippen molar-refractivity contribution in [3.8, 4) is 22.8 Å². The van der Waals surface area contributed by atoms with Crippen molar-refractivity contribution in [2.45, 2.75) is 0 Å². The smallest absolute Gasteiger partial charge is 0.226 e. The SMILES string of the molecule is Clc1nc(-c2ccc3oc4cc5ccccc5cc4c3c2)nc(-c2cc3ccccc3c3ccccc23)n1. The Hall–Kier alpha value is -4.80. The molecule has 0 fully saturated rings. The lowest BCUT2D eigenvalue weighted by Crippen LogP contribution is -1.98. The summed E-state index contributed by atoms with van der Waals surface area (Å²) in [6, 6.07) is 37.4. The highest BCUT2D eigenvalue weighted by atomic mass is 35.5. The summed E-state index contributed by atoms with van der Waals surface area (Å²) in [4.78, 5) is 14.0. The number of hydrogen-bond donors (Lipinski definition) is 0. The fourth-order valence-electron chi connectivity index (χ4n) is 5.44. The number of fused-ring (bicyclic) bond motifs is 7. The van der Waals surface area contributed by atoms with Crippen LogP contribution in [0.4, 0.5) is 0 Å². The molecule has 0 N–H and O–H groups in total. The van der Waals surface area contributed by atoms with Gasteiger partial charge in [-0.05, 0) is 80.3 Å². The van der Waals surface area contributed by atoms with Gasteiger partial charge in [-0.15, -0.1) is 0 Å². The highest BCUT2D eigenvalue weighted by molar-refractivity contribution is 6.28. The minimum Gasteiger partial charge on any atom is -0.456 e. The van der Waals surface area contributed by atoms with Crippen molar-refractivity contribution in [2.75, 3.05) is 0 Å². The predicted molar refractivity (Wildman–Crippen MR) is 156 cm³/mol. The van der Waals surface area contributed by atoms with Gasteiger partial charge >= 0.3 is 0 Å². The van der Waals surface area contributed by atoms with E-state index < -0.39 is 0 Å². The topological polar surface area (TPSA) is 51.8 Å². The molecule has 0 spiro atoms. The number of benzene rings is 6. The van der Waals surface area contributed by atoms with E-state index in [2.05, 4.69) is 82.8 Å². The van der Waals surface area contributed by atoms with Crippen molar-refractivity contribution in [3.63, 3.8) is 0 Å². The Morgan fingerprint density at radius 2 is 1.13 bits per heavy atom. The van der Waals surface area contributed by atoms with Crippen LogP contribution in [0.5, 0.6) is 0 Å². The Balaban J connectivity index is 1.34. The number of aromatic nitrogens is 3. The highest BCUT2D eigenvalue weighted by Gasteiger charge is 2.16. The summed E-state index contributed by atoms with van der Waals surface area (Å²) in [6.45, 7) is 0. The molecule has 0 saturated carbocycles. The van der Waals surface area contributed by atoms with E-state index in [1.807, 2.05) is 36.4 Å². The number of hydrogen-bond acceptors (Lipinski definition) is 4. The van der Waals surface area contributed by atoms with E-state index in [0.717, 1.165) is 54.6 Å². The maximum atomic E-state index is 6.50. The summed E-state index contributed by atoms with van der Waals surface area (Å²) in [5, 5.41) is 9.08. The van der Waals surface area contributed by atoms with Crippen LogP contribution in [0.3, 0.4) is 0 Å². The second-order valence-electron chi connectivity index (χ2n) is 9.45. The van der Waals surface area contributed by atoms with Gasteiger partial charge in [0.25, 0.3) is 0 Å². The minimum absolute atomic E-state index is 0.158. The van der Waals surface area contributed by atoms with Crippen LogP contribution in [-0.2, 0) is 0 Å². The van der Waals surface area contributed by atoms with Gasteiger partial charge in [-0.2, -0.15) is 9.97 Å². The first-order valence-electron chi connectivity index (χ1n) is 12.4. The fourth-order valence-corrected chi connectivity index (χ4v) is 5.60. The zero-order chi connectivity index (χ0) is 25.2. The molecule has 0 aliphatic carbocycles. The van der Waals surface area contributed by atoms with Gasteiger partial charge in [-0.1, -0.05) is 72.8 Å². The van der Waals surface area contributed by atoms with Crippen molar-refractivity contribution in [1.29, 1.82) is 0 Å². The molecule has 38 heavy (non-hydrogen) atoms. The van der Waals surface area contributed by atoms with Crippen LogP contribution < -0.4 is 0 Å². The Morgan fingerprint density at radius 1 is 0.474 bits per heavy atom. The summed E-state index contributed by atoms with van der Waals surface area (Å²) in [5.74, 6) is 1.07. The number of furan rings is 1. The van der Waals surface area contributed by atoms with Crippen molar-refractivity contribution >= 4 is 65.9 Å². The molecule has 2 aromatic heterocycles.